The number of aldehydes is 1. The minimum Gasteiger partial charge on any atom is -0.494 e. The normalized spacial score (nSPS) is 9.08. The van der Waals surface area contributed by atoms with Crippen LogP contribution in [0.4, 0.5) is 5.69 Å². The zero-order valence-corrected chi connectivity index (χ0v) is 6.48. The van der Waals surface area contributed by atoms with E-state index < -0.39 is 0 Å². The van der Waals surface area contributed by atoms with Gasteiger partial charge in [0.15, 0.2) is 12.0 Å². The molecule has 0 aliphatic rings. The smallest absolute Gasteiger partial charge is 0.160 e. The van der Waals surface area contributed by atoms with Crippen LogP contribution in [0.3, 0.4) is 0 Å². The average molecular weight is 165 g/mol. The van der Waals surface area contributed by atoms with E-state index >= 15 is 0 Å². The van der Waals surface area contributed by atoms with E-state index in [9.17, 15) is 9.70 Å². The Morgan fingerprint density at radius 1 is 1.50 bits per heavy atom. The molecular weight excluding hydrogens is 158 g/mol. The second kappa shape index (κ2) is 3.61. The lowest BCUT2D eigenvalue weighted by Gasteiger charge is -2.02. The Bertz CT molecular complexity index is 309. The second-order valence-corrected chi connectivity index (χ2v) is 2.11. The van der Waals surface area contributed by atoms with Gasteiger partial charge in [-0.2, -0.15) is 0 Å². The Morgan fingerprint density at radius 3 is 2.75 bits per heavy atom. The van der Waals surface area contributed by atoms with Crippen molar-refractivity contribution in [3.8, 4) is 5.75 Å². The van der Waals surface area contributed by atoms with E-state index in [1.54, 1.807) is 12.1 Å². The van der Waals surface area contributed by atoms with E-state index in [-0.39, 0.29) is 11.3 Å². The van der Waals surface area contributed by atoms with Crippen LogP contribution in [-0.2, 0) is 0 Å². The summed E-state index contributed by atoms with van der Waals surface area (Å²) in [6.45, 7) is 0. The monoisotopic (exact) mass is 165 g/mol. The molecule has 0 heterocycles. The molecule has 0 saturated heterocycles. The molecule has 1 aromatic carbocycles. The highest BCUT2D eigenvalue weighted by Crippen LogP contribution is 2.29. The van der Waals surface area contributed by atoms with Gasteiger partial charge in [0, 0.05) is 5.56 Å². The number of benzene rings is 1. The molecule has 0 amide bonds. The highest BCUT2D eigenvalue weighted by molar-refractivity contribution is 5.85. The highest BCUT2D eigenvalue weighted by atomic mass is 16.5. The predicted molar refractivity (Wildman–Crippen MR) is 43.8 cm³/mol. The van der Waals surface area contributed by atoms with Crippen molar-refractivity contribution in [2.75, 3.05) is 7.11 Å². The topological polar surface area (TPSA) is 55.7 Å². The summed E-state index contributed by atoms with van der Waals surface area (Å²) in [6.07, 6.45) is 0.569. The Kier molecular flexibility index (Phi) is 2.53. The third-order valence-corrected chi connectivity index (χ3v) is 1.47. The van der Waals surface area contributed by atoms with Crippen LogP contribution in [0.5, 0.6) is 5.75 Å². The summed E-state index contributed by atoms with van der Waals surface area (Å²) in [4.78, 5) is 20.7. The van der Waals surface area contributed by atoms with Crippen LogP contribution < -0.4 is 4.74 Å². The van der Waals surface area contributed by atoms with E-state index in [0.717, 1.165) is 0 Å². The van der Waals surface area contributed by atoms with E-state index in [1.165, 1.54) is 13.2 Å². The van der Waals surface area contributed by atoms with Gasteiger partial charge in [0.1, 0.15) is 5.75 Å². The van der Waals surface area contributed by atoms with Crippen molar-refractivity contribution < 1.29 is 9.53 Å². The van der Waals surface area contributed by atoms with Crippen LogP contribution in [0.1, 0.15) is 10.4 Å². The Balaban J connectivity index is 3.31. The number of hydrogen-bond donors (Lipinski definition) is 0. The molecule has 0 atom stereocenters. The fourth-order valence-electron chi connectivity index (χ4n) is 0.897. The standard InChI is InChI=1S/C8H7NO3/c1-12-7-4-2-3-6(5-10)8(7)9-11/h2-5H,1H3. The lowest BCUT2D eigenvalue weighted by molar-refractivity contribution is 0.112. The van der Waals surface area contributed by atoms with Gasteiger partial charge >= 0.3 is 0 Å². The molecule has 0 saturated carbocycles. The Labute approximate surface area is 69.1 Å². The molecule has 4 heteroatoms. The Hall–Kier alpha value is -1.71. The molecule has 0 spiro atoms. The maximum absolute atomic E-state index is 10.4. The minimum atomic E-state index is 0.0509. The number of nitrogens with zero attached hydrogens (tertiary/aromatic N) is 1. The highest BCUT2D eigenvalue weighted by Gasteiger charge is 2.07. The first-order valence-corrected chi connectivity index (χ1v) is 3.29. The van der Waals surface area contributed by atoms with Gasteiger partial charge in [-0.1, -0.05) is 6.07 Å². The molecule has 0 fully saturated rings. The first-order valence-electron chi connectivity index (χ1n) is 3.29. The summed E-state index contributed by atoms with van der Waals surface area (Å²) in [5, 5.41) is 2.71. The average Bonchev–Trinajstić information content (AvgIpc) is 2.16. The lowest BCUT2D eigenvalue weighted by atomic mass is 10.2. The quantitative estimate of drug-likeness (QED) is 0.507. The third kappa shape index (κ3) is 1.32. The molecule has 4 nitrogen and oxygen atoms in total. The van der Waals surface area contributed by atoms with Crippen molar-refractivity contribution in [1.29, 1.82) is 0 Å². The third-order valence-electron chi connectivity index (χ3n) is 1.47. The predicted octanol–water partition coefficient (Wildman–Crippen LogP) is 1.91. The number of rotatable bonds is 3. The molecular formula is C8H7NO3. The van der Waals surface area contributed by atoms with Crippen molar-refractivity contribution in [2.24, 2.45) is 5.18 Å². The first kappa shape index (κ1) is 8.39. The minimum absolute atomic E-state index is 0.0509. The van der Waals surface area contributed by atoms with Crippen LogP contribution >= 0.6 is 0 Å². The maximum atomic E-state index is 10.4. The zero-order valence-electron chi connectivity index (χ0n) is 6.48. The largest absolute Gasteiger partial charge is 0.494 e. The van der Waals surface area contributed by atoms with Crippen LogP contribution in [0.25, 0.3) is 0 Å². The summed E-state index contributed by atoms with van der Waals surface area (Å²) >= 11 is 0. The van der Waals surface area contributed by atoms with Gasteiger partial charge < -0.3 is 4.74 Å². The van der Waals surface area contributed by atoms with E-state index in [0.29, 0.717) is 12.0 Å². The molecule has 0 N–H and O–H groups in total. The maximum Gasteiger partial charge on any atom is 0.160 e. The van der Waals surface area contributed by atoms with Gasteiger partial charge in [0.2, 0.25) is 0 Å². The summed E-state index contributed by atoms with van der Waals surface area (Å²) in [5.41, 5.74) is 0.291. The number of nitroso groups, excluding NO2 is 1. The number of carbonyl (C=O) groups is 1. The summed E-state index contributed by atoms with van der Waals surface area (Å²) in [7, 11) is 1.42. The van der Waals surface area contributed by atoms with Crippen molar-refractivity contribution in [3.63, 3.8) is 0 Å². The zero-order chi connectivity index (χ0) is 8.97. The van der Waals surface area contributed by atoms with Crippen molar-refractivity contribution in [1.82, 2.24) is 0 Å². The van der Waals surface area contributed by atoms with Gasteiger partial charge in [-0.25, -0.2) is 0 Å². The number of methoxy groups -OCH3 is 1. The molecule has 1 aromatic rings. The Morgan fingerprint density at radius 2 is 2.25 bits per heavy atom. The fraction of sp³-hybridized carbons (Fsp3) is 0.125. The van der Waals surface area contributed by atoms with Crippen LogP contribution in [0, 0.1) is 4.91 Å². The summed E-state index contributed by atoms with van der Waals surface area (Å²) < 4.78 is 4.83. The molecule has 0 radical (unpaired) electrons. The lowest BCUT2D eigenvalue weighted by Crippen LogP contribution is -1.87. The molecule has 0 aliphatic carbocycles. The number of hydrogen-bond acceptors (Lipinski definition) is 4. The van der Waals surface area contributed by atoms with Gasteiger partial charge in [-0.15, -0.1) is 4.91 Å². The van der Waals surface area contributed by atoms with Crippen LogP contribution in [0.15, 0.2) is 23.4 Å². The molecule has 1 rings (SSSR count). The molecule has 0 bridgehead atoms. The van der Waals surface area contributed by atoms with Crippen molar-refractivity contribution in [3.05, 3.63) is 28.7 Å². The van der Waals surface area contributed by atoms with Gasteiger partial charge in [0.25, 0.3) is 0 Å². The molecule has 12 heavy (non-hydrogen) atoms. The first-order chi connectivity index (χ1) is 5.83. The van der Waals surface area contributed by atoms with Crippen LogP contribution in [0.2, 0.25) is 0 Å². The second-order valence-electron chi connectivity index (χ2n) is 2.11. The molecule has 0 unspecified atom stereocenters. The van der Waals surface area contributed by atoms with E-state index in [2.05, 4.69) is 5.18 Å². The number of carbonyl (C=O) groups excluding carboxylic acids is 1. The molecule has 0 aromatic heterocycles. The van der Waals surface area contributed by atoms with Gasteiger partial charge in [-0.3, -0.25) is 4.79 Å². The number of ether oxygens (including phenoxy) is 1. The molecule has 0 aliphatic heterocycles. The summed E-state index contributed by atoms with van der Waals surface area (Å²) in [5.74, 6) is 0.314. The SMILES string of the molecule is COc1cccc(C=O)c1N=O. The van der Waals surface area contributed by atoms with E-state index in [4.69, 9.17) is 4.74 Å². The van der Waals surface area contributed by atoms with Gasteiger partial charge in [-0.05, 0) is 17.3 Å². The fourth-order valence-corrected chi connectivity index (χ4v) is 0.897. The van der Waals surface area contributed by atoms with Crippen molar-refractivity contribution >= 4 is 12.0 Å². The van der Waals surface area contributed by atoms with Crippen LogP contribution in [-0.4, -0.2) is 13.4 Å². The van der Waals surface area contributed by atoms with Gasteiger partial charge in [0.05, 0.1) is 7.11 Å². The van der Waals surface area contributed by atoms with Crippen molar-refractivity contribution in [2.45, 2.75) is 0 Å². The summed E-state index contributed by atoms with van der Waals surface area (Å²) in [6, 6.07) is 4.70. The molecule has 62 valence electrons. The van der Waals surface area contributed by atoms with E-state index in [1.807, 2.05) is 0 Å².